The van der Waals surface area contributed by atoms with Crippen molar-refractivity contribution in [2.45, 2.75) is 12.3 Å². The van der Waals surface area contributed by atoms with Crippen molar-refractivity contribution in [3.05, 3.63) is 59.4 Å². The molecule has 2 atom stereocenters. The second-order valence-electron chi connectivity index (χ2n) is 5.98. The van der Waals surface area contributed by atoms with Crippen molar-refractivity contribution in [3.63, 3.8) is 0 Å². The van der Waals surface area contributed by atoms with Crippen LogP contribution in [0.1, 0.15) is 28.3 Å². The number of hydrogen-bond donors (Lipinski definition) is 2. The fourth-order valence-corrected chi connectivity index (χ4v) is 2.93. The van der Waals surface area contributed by atoms with Gasteiger partial charge in [0, 0.05) is 11.5 Å². The molecule has 2 aromatic carbocycles. The summed E-state index contributed by atoms with van der Waals surface area (Å²) >= 11 is 0. The summed E-state index contributed by atoms with van der Waals surface area (Å²) in [5.41, 5.74) is 5.64. The minimum atomic E-state index is -0.463. The lowest BCUT2D eigenvalue weighted by molar-refractivity contribution is -0.123. The fraction of sp³-hybridized carbons (Fsp3) is 0.222. The Bertz CT molecular complexity index is 855. The van der Waals surface area contributed by atoms with Crippen molar-refractivity contribution in [2.75, 3.05) is 6.79 Å². The highest BCUT2D eigenvalue weighted by Crippen LogP contribution is 2.48. The van der Waals surface area contributed by atoms with E-state index in [1.165, 1.54) is 6.07 Å². The number of carbonyl (C=O) groups excluding carboxylic acids is 2. The standard InChI is InChI=1S/C18H15FN2O4/c19-14-4-2-1-3-11(14)12-8-13(12)18(23)21-20-17(22)10-5-6-15-16(7-10)25-9-24-15/h1-7,12-13H,8-9H2,(H,20,22)(H,21,23)/t12-,13+/m1/s1. The molecule has 2 N–H and O–H groups in total. The van der Waals surface area contributed by atoms with Gasteiger partial charge in [0.25, 0.3) is 5.91 Å². The SMILES string of the molecule is O=C(NNC(=O)[C@H]1C[C@@H]1c1ccccc1F)c1ccc2c(c1)OCO2. The molecule has 0 bridgehead atoms. The minimum Gasteiger partial charge on any atom is -0.454 e. The molecule has 0 spiro atoms. The van der Waals surface area contributed by atoms with Crippen LogP contribution in [0.2, 0.25) is 0 Å². The molecule has 25 heavy (non-hydrogen) atoms. The predicted octanol–water partition coefficient (Wildman–Crippen LogP) is 2.12. The number of carbonyl (C=O) groups is 2. The molecule has 1 saturated carbocycles. The van der Waals surface area contributed by atoms with Gasteiger partial charge in [-0.2, -0.15) is 0 Å². The Balaban J connectivity index is 1.34. The van der Waals surface area contributed by atoms with Gasteiger partial charge in [0.05, 0.1) is 0 Å². The van der Waals surface area contributed by atoms with Gasteiger partial charge < -0.3 is 9.47 Å². The number of hydrazine groups is 1. The van der Waals surface area contributed by atoms with Crippen LogP contribution in [0.5, 0.6) is 11.5 Å². The number of amides is 2. The third-order valence-corrected chi connectivity index (χ3v) is 4.37. The van der Waals surface area contributed by atoms with E-state index in [2.05, 4.69) is 10.9 Å². The van der Waals surface area contributed by atoms with E-state index < -0.39 is 5.91 Å². The number of rotatable bonds is 3. The van der Waals surface area contributed by atoms with E-state index in [9.17, 15) is 14.0 Å². The van der Waals surface area contributed by atoms with Crippen molar-refractivity contribution in [1.82, 2.24) is 10.9 Å². The molecule has 2 aromatic rings. The van der Waals surface area contributed by atoms with Gasteiger partial charge in [0.15, 0.2) is 11.5 Å². The highest BCUT2D eigenvalue weighted by atomic mass is 19.1. The highest BCUT2D eigenvalue weighted by Gasteiger charge is 2.45. The predicted molar refractivity (Wildman–Crippen MR) is 85.4 cm³/mol. The van der Waals surface area contributed by atoms with Gasteiger partial charge in [-0.25, -0.2) is 4.39 Å². The highest BCUT2D eigenvalue weighted by molar-refractivity contribution is 5.96. The van der Waals surface area contributed by atoms with Crippen LogP contribution in [0.15, 0.2) is 42.5 Å². The maximum Gasteiger partial charge on any atom is 0.269 e. The van der Waals surface area contributed by atoms with E-state index in [-0.39, 0.29) is 30.4 Å². The van der Waals surface area contributed by atoms with Gasteiger partial charge >= 0.3 is 0 Å². The molecule has 4 rings (SSSR count). The Hall–Kier alpha value is -3.09. The van der Waals surface area contributed by atoms with Gasteiger partial charge in [0.2, 0.25) is 12.7 Å². The summed E-state index contributed by atoms with van der Waals surface area (Å²) < 4.78 is 24.1. The van der Waals surface area contributed by atoms with Crippen LogP contribution in [0.4, 0.5) is 4.39 Å². The maximum atomic E-state index is 13.7. The first kappa shape index (κ1) is 15.4. The lowest BCUT2D eigenvalue weighted by Gasteiger charge is -2.08. The lowest BCUT2D eigenvalue weighted by atomic mass is 10.1. The van der Waals surface area contributed by atoms with E-state index in [1.807, 2.05) is 0 Å². The summed E-state index contributed by atoms with van der Waals surface area (Å²) in [6.07, 6.45) is 0.562. The van der Waals surface area contributed by atoms with Crippen LogP contribution in [-0.4, -0.2) is 18.6 Å². The second-order valence-corrected chi connectivity index (χ2v) is 5.98. The lowest BCUT2D eigenvalue weighted by Crippen LogP contribution is -2.42. The Kier molecular flexibility index (Phi) is 3.76. The molecule has 1 fully saturated rings. The molecule has 1 aliphatic heterocycles. The molecule has 1 aliphatic carbocycles. The van der Waals surface area contributed by atoms with E-state index in [1.54, 1.807) is 36.4 Å². The van der Waals surface area contributed by atoms with Crippen molar-refractivity contribution < 1.29 is 23.5 Å². The third-order valence-electron chi connectivity index (χ3n) is 4.37. The molecule has 0 saturated heterocycles. The molecule has 0 unspecified atom stereocenters. The summed E-state index contributed by atoms with van der Waals surface area (Å²) in [6.45, 7) is 0.121. The first-order chi connectivity index (χ1) is 12.1. The van der Waals surface area contributed by atoms with E-state index >= 15 is 0 Å². The average Bonchev–Trinajstić information content (AvgIpc) is 3.28. The molecular weight excluding hydrogens is 327 g/mol. The molecular formula is C18H15FN2O4. The largest absolute Gasteiger partial charge is 0.454 e. The van der Waals surface area contributed by atoms with Crippen molar-refractivity contribution in [2.24, 2.45) is 5.92 Å². The Morgan fingerprint density at radius 3 is 2.68 bits per heavy atom. The normalized spacial score (nSPS) is 20.0. The quantitative estimate of drug-likeness (QED) is 0.838. The van der Waals surface area contributed by atoms with Crippen LogP contribution in [-0.2, 0) is 4.79 Å². The van der Waals surface area contributed by atoms with E-state index in [0.717, 1.165) is 0 Å². The first-order valence-electron chi connectivity index (χ1n) is 7.88. The second kappa shape index (κ2) is 6.08. The van der Waals surface area contributed by atoms with Crippen LogP contribution in [0.25, 0.3) is 0 Å². The molecule has 2 amide bonds. The zero-order chi connectivity index (χ0) is 17.4. The van der Waals surface area contributed by atoms with Crippen LogP contribution < -0.4 is 20.3 Å². The number of halogens is 1. The molecule has 0 aromatic heterocycles. The van der Waals surface area contributed by atoms with Crippen LogP contribution in [0, 0.1) is 11.7 Å². The molecule has 1 heterocycles. The third kappa shape index (κ3) is 3.00. The smallest absolute Gasteiger partial charge is 0.269 e. The van der Waals surface area contributed by atoms with E-state index in [4.69, 9.17) is 9.47 Å². The maximum absolute atomic E-state index is 13.7. The van der Waals surface area contributed by atoms with Crippen molar-refractivity contribution >= 4 is 11.8 Å². The number of benzene rings is 2. The average molecular weight is 342 g/mol. The van der Waals surface area contributed by atoms with Gasteiger partial charge in [-0.05, 0) is 42.2 Å². The van der Waals surface area contributed by atoms with Gasteiger partial charge in [-0.15, -0.1) is 0 Å². The van der Waals surface area contributed by atoms with Crippen LogP contribution >= 0.6 is 0 Å². The van der Waals surface area contributed by atoms with Crippen LogP contribution in [0.3, 0.4) is 0 Å². The summed E-state index contributed by atoms with van der Waals surface area (Å²) in [6, 6.07) is 11.2. The molecule has 2 aliphatic rings. The number of nitrogens with one attached hydrogen (secondary N) is 2. The molecule has 128 valence electrons. The zero-order valence-corrected chi connectivity index (χ0v) is 13.1. The summed E-state index contributed by atoms with van der Waals surface area (Å²) in [5, 5.41) is 0. The van der Waals surface area contributed by atoms with Gasteiger partial charge in [0.1, 0.15) is 5.82 Å². The van der Waals surface area contributed by atoms with Crippen molar-refractivity contribution in [1.29, 1.82) is 0 Å². The summed E-state index contributed by atoms with van der Waals surface area (Å²) in [7, 11) is 0. The molecule has 6 nitrogen and oxygen atoms in total. The molecule has 0 radical (unpaired) electrons. The van der Waals surface area contributed by atoms with Gasteiger partial charge in [-0.1, -0.05) is 18.2 Å². The number of hydrogen-bond acceptors (Lipinski definition) is 4. The molecule has 7 heteroatoms. The Morgan fingerprint density at radius 1 is 1.04 bits per heavy atom. The Morgan fingerprint density at radius 2 is 1.84 bits per heavy atom. The summed E-state index contributed by atoms with van der Waals surface area (Å²) in [5.74, 6) is -0.533. The fourth-order valence-electron chi connectivity index (χ4n) is 2.93. The minimum absolute atomic E-state index is 0.121. The number of fused-ring (bicyclic) bond motifs is 1. The monoisotopic (exact) mass is 342 g/mol. The Labute approximate surface area is 142 Å². The van der Waals surface area contributed by atoms with Crippen molar-refractivity contribution in [3.8, 4) is 11.5 Å². The zero-order valence-electron chi connectivity index (χ0n) is 13.1. The summed E-state index contributed by atoms with van der Waals surface area (Å²) in [4.78, 5) is 24.2. The first-order valence-corrected chi connectivity index (χ1v) is 7.88. The topological polar surface area (TPSA) is 76.7 Å². The number of ether oxygens (including phenoxy) is 2. The van der Waals surface area contributed by atoms with E-state index in [0.29, 0.717) is 29.0 Å². The van der Waals surface area contributed by atoms with Gasteiger partial charge in [-0.3, -0.25) is 20.4 Å².